The third-order valence-electron chi connectivity index (χ3n) is 4.21. The lowest BCUT2D eigenvalue weighted by Gasteiger charge is -2.23. The smallest absolute Gasteiger partial charge is 0.271 e. The Hall–Kier alpha value is -2.66. The van der Waals surface area contributed by atoms with Crippen LogP contribution < -0.4 is 10.3 Å². The number of amides is 2. The molecule has 0 fully saturated rings. The Kier molecular flexibility index (Phi) is 5.09. The molecule has 0 aromatic heterocycles. The van der Waals surface area contributed by atoms with Gasteiger partial charge < -0.3 is 5.32 Å². The number of hydrazone groups is 1. The Morgan fingerprint density at radius 2 is 1.88 bits per heavy atom. The zero-order valence-electron chi connectivity index (χ0n) is 15.0. The van der Waals surface area contributed by atoms with Gasteiger partial charge in [-0.2, -0.15) is 5.10 Å². The van der Waals surface area contributed by atoms with Gasteiger partial charge >= 0.3 is 0 Å². The molecule has 0 aliphatic carbocycles. The first kappa shape index (κ1) is 18.1. The van der Waals surface area contributed by atoms with Crippen molar-refractivity contribution in [3.8, 4) is 0 Å². The van der Waals surface area contributed by atoms with Gasteiger partial charge in [-0.3, -0.25) is 9.59 Å². The number of carbonyl (C=O) groups is 2. The van der Waals surface area contributed by atoms with Crippen LogP contribution >= 0.6 is 11.6 Å². The molecule has 0 radical (unpaired) electrons. The molecule has 1 N–H and O–H groups in total. The average Bonchev–Trinajstić information content (AvgIpc) is 2.58. The normalized spacial score (nSPS) is 14.2. The summed E-state index contributed by atoms with van der Waals surface area (Å²) in [5.41, 5.74) is 4.46. The number of nitrogens with zero attached hydrogens (tertiary/aromatic N) is 2. The van der Waals surface area contributed by atoms with Gasteiger partial charge in [0.25, 0.3) is 5.91 Å². The molecule has 5 nitrogen and oxygen atoms in total. The molecule has 1 aliphatic rings. The SMILES string of the molecule is Cc1cccc(N2N=C(C(=O)Nc3c(C)cc(C)cc3Cl)CCC2=O)c1. The minimum Gasteiger partial charge on any atom is -0.319 e. The Bertz CT molecular complexity index is 898. The second kappa shape index (κ2) is 7.30. The first-order valence-corrected chi connectivity index (χ1v) is 8.78. The van der Waals surface area contributed by atoms with Gasteiger partial charge in [0.15, 0.2) is 0 Å². The Labute approximate surface area is 157 Å². The summed E-state index contributed by atoms with van der Waals surface area (Å²) in [6.07, 6.45) is 0.538. The minimum absolute atomic E-state index is 0.128. The second-order valence-electron chi connectivity index (χ2n) is 6.48. The van der Waals surface area contributed by atoms with Gasteiger partial charge in [-0.15, -0.1) is 0 Å². The molecule has 2 amide bonds. The van der Waals surface area contributed by atoms with Crippen molar-refractivity contribution in [1.29, 1.82) is 0 Å². The lowest BCUT2D eigenvalue weighted by atomic mass is 10.1. The quantitative estimate of drug-likeness (QED) is 0.872. The third kappa shape index (κ3) is 3.78. The molecule has 0 bridgehead atoms. The summed E-state index contributed by atoms with van der Waals surface area (Å²) in [7, 11) is 0. The fourth-order valence-corrected chi connectivity index (χ4v) is 3.31. The first-order chi connectivity index (χ1) is 12.3. The molecule has 0 spiro atoms. The van der Waals surface area contributed by atoms with Crippen LogP contribution in [0, 0.1) is 20.8 Å². The summed E-state index contributed by atoms with van der Waals surface area (Å²) in [5.74, 6) is -0.472. The molecule has 0 saturated heterocycles. The highest BCUT2D eigenvalue weighted by Gasteiger charge is 2.26. The van der Waals surface area contributed by atoms with Crippen molar-refractivity contribution in [1.82, 2.24) is 0 Å². The summed E-state index contributed by atoms with van der Waals surface area (Å²) >= 11 is 6.26. The maximum Gasteiger partial charge on any atom is 0.271 e. The van der Waals surface area contributed by atoms with Crippen LogP contribution in [0.4, 0.5) is 11.4 Å². The van der Waals surface area contributed by atoms with Crippen molar-refractivity contribution in [2.45, 2.75) is 33.6 Å². The van der Waals surface area contributed by atoms with E-state index in [4.69, 9.17) is 11.6 Å². The number of carbonyl (C=O) groups excluding carboxylic acids is 2. The van der Waals surface area contributed by atoms with E-state index in [1.807, 2.05) is 45.0 Å². The fourth-order valence-electron chi connectivity index (χ4n) is 2.94. The summed E-state index contributed by atoms with van der Waals surface area (Å²) in [6.45, 7) is 5.78. The zero-order chi connectivity index (χ0) is 18.8. The van der Waals surface area contributed by atoms with Crippen LogP contribution in [-0.2, 0) is 9.59 Å². The van der Waals surface area contributed by atoms with Gasteiger partial charge in [0.2, 0.25) is 5.91 Å². The summed E-state index contributed by atoms with van der Waals surface area (Å²) in [5, 5.41) is 8.91. The largest absolute Gasteiger partial charge is 0.319 e. The number of rotatable bonds is 3. The average molecular weight is 370 g/mol. The number of hydrogen-bond donors (Lipinski definition) is 1. The van der Waals surface area contributed by atoms with Crippen LogP contribution in [0.1, 0.15) is 29.5 Å². The van der Waals surface area contributed by atoms with E-state index in [9.17, 15) is 9.59 Å². The van der Waals surface area contributed by atoms with Gasteiger partial charge in [-0.25, -0.2) is 5.01 Å². The van der Waals surface area contributed by atoms with E-state index >= 15 is 0 Å². The predicted molar refractivity (Wildman–Crippen MR) is 105 cm³/mol. The number of halogens is 1. The molecular weight excluding hydrogens is 350 g/mol. The van der Waals surface area contributed by atoms with Crippen molar-refractivity contribution in [2.24, 2.45) is 5.10 Å². The molecule has 2 aromatic rings. The standard InChI is InChI=1S/C20H20ClN3O2/c1-12-5-4-6-15(10-12)24-18(25)8-7-17(23-24)20(26)22-19-14(3)9-13(2)11-16(19)21/h4-6,9-11H,7-8H2,1-3H3,(H,22,26). The maximum absolute atomic E-state index is 12.7. The van der Waals surface area contributed by atoms with E-state index < -0.39 is 0 Å². The van der Waals surface area contributed by atoms with Crippen LogP contribution in [0.3, 0.4) is 0 Å². The lowest BCUT2D eigenvalue weighted by molar-refractivity contribution is -0.118. The lowest BCUT2D eigenvalue weighted by Crippen LogP contribution is -2.36. The van der Waals surface area contributed by atoms with Gasteiger partial charge in [-0.1, -0.05) is 29.8 Å². The maximum atomic E-state index is 12.7. The van der Waals surface area contributed by atoms with E-state index in [1.54, 1.807) is 12.1 Å². The minimum atomic E-state index is -0.344. The highest BCUT2D eigenvalue weighted by Crippen LogP contribution is 2.28. The molecule has 0 atom stereocenters. The van der Waals surface area contributed by atoms with Gasteiger partial charge in [0, 0.05) is 12.8 Å². The molecule has 0 unspecified atom stereocenters. The van der Waals surface area contributed by atoms with E-state index in [-0.39, 0.29) is 18.2 Å². The molecule has 0 saturated carbocycles. The first-order valence-electron chi connectivity index (χ1n) is 8.40. The Morgan fingerprint density at radius 1 is 1.12 bits per heavy atom. The van der Waals surface area contributed by atoms with E-state index in [0.29, 0.717) is 28.5 Å². The van der Waals surface area contributed by atoms with Crippen LogP contribution in [0.5, 0.6) is 0 Å². The number of benzene rings is 2. The molecule has 6 heteroatoms. The number of nitrogens with one attached hydrogen (secondary N) is 1. The van der Waals surface area contributed by atoms with E-state index in [2.05, 4.69) is 10.4 Å². The molecule has 1 aliphatic heterocycles. The van der Waals surface area contributed by atoms with Crippen LogP contribution in [0.25, 0.3) is 0 Å². The zero-order valence-corrected chi connectivity index (χ0v) is 15.7. The highest BCUT2D eigenvalue weighted by molar-refractivity contribution is 6.45. The molecule has 26 heavy (non-hydrogen) atoms. The highest BCUT2D eigenvalue weighted by atomic mass is 35.5. The fraction of sp³-hybridized carbons (Fsp3) is 0.250. The summed E-state index contributed by atoms with van der Waals surface area (Å²) in [4.78, 5) is 24.9. The Balaban J connectivity index is 1.87. The third-order valence-corrected chi connectivity index (χ3v) is 4.51. The molecular formula is C20H20ClN3O2. The van der Waals surface area contributed by atoms with Gasteiger partial charge in [0.05, 0.1) is 16.4 Å². The summed E-state index contributed by atoms with van der Waals surface area (Å²) < 4.78 is 0. The van der Waals surface area contributed by atoms with Crippen LogP contribution in [0.15, 0.2) is 41.5 Å². The van der Waals surface area contributed by atoms with Crippen molar-refractivity contribution >= 4 is 40.5 Å². The van der Waals surface area contributed by atoms with Crippen molar-refractivity contribution in [3.05, 3.63) is 58.1 Å². The van der Waals surface area contributed by atoms with E-state index in [1.165, 1.54) is 5.01 Å². The second-order valence-corrected chi connectivity index (χ2v) is 6.89. The molecule has 3 rings (SSSR count). The monoisotopic (exact) mass is 369 g/mol. The number of anilines is 2. The van der Waals surface area contributed by atoms with Crippen molar-refractivity contribution in [2.75, 3.05) is 10.3 Å². The number of hydrogen-bond acceptors (Lipinski definition) is 3. The van der Waals surface area contributed by atoms with Gasteiger partial charge in [0.1, 0.15) is 5.71 Å². The topological polar surface area (TPSA) is 61.8 Å². The van der Waals surface area contributed by atoms with E-state index in [0.717, 1.165) is 16.7 Å². The van der Waals surface area contributed by atoms with Crippen molar-refractivity contribution < 1.29 is 9.59 Å². The number of aryl methyl sites for hydroxylation is 3. The van der Waals surface area contributed by atoms with Crippen LogP contribution in [0.2, 0.25) is 5.02 Å². The molecule has 1 heterocycles. The Morgan fingerprint density at radius 3 is 2.58 bits per heavy atom. The van der Waals surface area contributed by atoms with Crippen molar-refractivity contribution in [3.63, 3.8) is 0 Å². The van der Waals surface area contributed by atoms with Gasteiger partial charge in [-0.05, 0) is 55.7 Å². The predicted octanol–water partition coefficient (Wildman–Crippen LogP) is 4.39. The molecule has 134 valence electrons. The molecule has 2 aromatic carbocycles. The van der Waals surface area contributed by atoms with Crippen LogP contribution in [-0.4, -0.2) is 17.5 Å². The summed E-state index contributed by atoms with van der Waals surface area (Å²) in [6, 6.07) is 11.2.